The molecule has 1 atom stereocenters. The van der Waals surface area contributed by atoms with Crippen molar-refractivity contribution in [3.8, 4) is 0 Å². The van der Waals surface area contributed by atoms with Gasteiger partial charge in [-0.15, -0.1) is 0 Å². The molecule has 0 bridgehead atoms. The Morgan fingerprint density at radius 3 is 2.65 bits per heavy atom. The van der Waals surface area contributed by atoms with Gasteiger partial charge >= 0.3 is 0 Å². The topological polar surface area (TPSA) is 76.3 Å². The lowest BCUT2D eigenvalue weighted by Crippen LogP contribution is -2.31. The minimum atomic E-state index is -3.59. The van der Waals surface area contributed by atoms with Gasteiger partial charge in [-0.05, 0) is 31.2 Å². The molecule has 1 aliphatic heterocycles. The number of hydrogen-bond acceptors (Lipinski definition) is 4. The van der Waals surface area contributed by atoms with E-state index in [-0.39, 0.29) is 17.5 Å². The number of sulfonamides is 1. The van der Waals surface area contributed by atoms with E-state index in [4.69, 9.17) is 5.73 Å². The molecule has 2 N–H and O–H groups in total. The van der Waals surface area contributed by atoms with Crippen LogP contribution in [0.25, 0.3) is 0 Å². The van der Waals surface area contributed by atoms with Crippen molar-refractivity contribution in [2.45, 2.75) is 17.9 Å². The van der Waals surface area contributed by atoms with E-state index in [1.165, 1.54) is 4.31 Å². The highest BCUT2D eigenvalue weighted by Crippen LogP contribution is 2.35. The van der Waals surface area contributed by atoms with Gasteiger partial charge in [0.1, 0.15) is 0 Å². The molecule has 0 spiro atoms. The fraction of sp³-hybridized carbons (Fsp3) is 0.214. The van der Waals surface area contributed by atoms with Crippen molar-refractivity contribution in [1.29, 1.82) is 0 Å². The number of fused-ring (bicyclic) bond motifs is 1. The molecule has 6 heteroatoms. The van der Waals surface area contributed by atoms with Crippen LogP contribution in [0.4, 0.5) is 5.69 Å². The molecule has 1 aromatic carbocycles. The summed E-state index contributed by atoms with van der Waals surface area (Å²) in [5.41, 5.74) is 8.18. The van der Waals surface area contributed by atoms with E-state index in [0.717, 1.165) is 5.56 Å². The maximum Gasteiger partial charge on any atom is 0.264 e. The molecule has 3 rings (SSSR count). The second kappa shape index (κ2) is 4.57. The Labute approximate surface area is 118 Å². The molecule has 1 aliphatic rings. The van der Waals surface area contributed by atoms with Crippen molar-refractivity contribution in [1.82, 2.24) is 4.98 Å². The van der Waals surface area contributed by atoms with Gasteiger partial charge in [0.2, 0.25) is 0 Å². The lowest BCUT2D eigenvalue weighted by atomic mass is 10.2. The number of pyridine rings is 1. The van der Waals surface area contributed by atoms with Crippen LogP contribution in [0.3, 0.4) is 0 Å². The smallest absolute Gasteiger partial charge is 0.264 e. The molecule has 2 heterocycles. The largest absolute Gasteiger partial charge is 0.321 e. The number of hydrogen-bond donors (Lipinski definition) is 1. The van der Waals surface area contributed by atoms with Gasteiger partial charge in [0.25, 0.3) is 10.0 Å². The lowest BCUT2D eigenvalue weighted by molar-refractivity contribution is 0.589. The molecule has 1 aromatic heterocycles. The number of benzene rings is 1. The molecule has 1 unspecified atom stereocenters. The maximum atomic E-state index is 12.7. The van der Waals surface area contributed by atoms with Crippen LogP contribution in [0.2, 0.25) is 0 Å². The highest BCUT2D eigenvalue weighted by molar-refractivity contribution is 7.92. The standard InChI is InChI=1S/C14H15N3O2S/c1-10-4-6-11(7-5-10)20(18,19)17-9-12(15)14-13(17)3-2-8-16-14/h2-8,12H,9,15H2,1H3. The van der Waals surface area contributed by atoms with E-state index in [1.807, 2.05) is 6.92 Å². The fourth-order valence-electron chi connectivity index (χ4n) is 2.33. The molecule has 0 saturated carbocycles. The number of rotatable bonds is 2. The van der Waals surface area contributed by atoms with Gasteiger partial charge in [-0.2, -0.15) is 0 Å². The Kier molecular flexibility index (Phi) is 2.99. The van der Waals surface area contributed by atoms with Gasteiger partial charge < -0.3 is 5.73 Å². The van der Waals surface area contributed by atoms with Crippen molar-refractivity contribution < 1.29 is 8.42 Å². The van der Waals surface area contributed by atoms with Crippen LogP contribution in [-0.2, 0) is 10.0 Å². The van der Waals surface area contributed by atoms with Crippen molar-refractivity contribution in [3.63, 3.8) is 0 Å². The minimum Gasteiger partial charge on any atom is -0.321 e. The Balaban J connectivity index is 2.08. The van der Waals surface area contributed by atoms with Gasteiger partial charge in [0, 0.05) is 6.20 Å². The first-order valence-corrected chi connectivity index (χ1v) is 7.74. The zero-order valence-corrected chi connectivity index (χ0v) is 11.8. The van der Waals surface area contributed by atoms with Crippen LogP contribution < -0.4 is 10.0 Å². The minimum absolute atomic E-state index is 0.225. The molecular weight excluding hydrogens is 274 g/mol. The van der Waals surface area contributed by atoms with Crippen LogP contribution in [0.1, 0.15) is 17.3 Å². The number of anilines is 1. The van der Waals surface area contributed by atoms with Gasteiger partial charge in [-0.3, -0.25) is 9.29 Å². The van der Waals surface area contributed by atoms with Crippen molar-refractivity contribution in [2.75, 3.05) is 10.8 Å². The predicted molar refractivity (Wildman–Crippen MR) is 76.9 cm³/mol. The highest BCUT2D eigenvalue weighted by atomic mass is 32.2. The van der Waals surface area contributed by atoms with E-state index in [1.54, 1.807) is 42.6 Å². The summed E-state index contributed by atoms with van der Waals surface area (Å²) in [5, 5.41) is 0. The summed E-state index contributed by atoms with van der Waals surface area (Å²) in [5.74, 6) is 0. The molecule has 104 valence electrons. The van der Waals surface area contributed by atoms with Crippen LogP contribution >= 0.6 is 0 Å². The summed E-state index contributed by atoms with van der Waals surface area (Å²) in [6, 6.07) is 9.87. The third-order valence-electron chi connectivity index (χ3n) is 3.41. The Bertz CT molecular complexity index is 741. The summed E-state index contributed by atoms with van der Waals surface area (Å²) < 4.78 is 26.7. The van der Waals surface area contributed by atoms with Crippen LogP contribution in [0, 0.1) is 6.92 Å². The predicted octanol–water partition coefficient (Wildman–Crippen LogP) is 1.60. The zero-order chi connectivity index (χ0) is 14.3. The van der Waals surface area contributed by atoms with Gasteiger partial charge in [-0.1, -0.05) is 17.7 Å². The molecule has 0 saturated heterocycles. The SMILES string of the molecule is Cc1ccc(S(=O)(=O)N2CC(N)c3ncccc32)cc1. The van der Waals surface area contributed by atoms with Gasteiger partial charge in [-0.25, -0.2) is 8.42 Å². The molecule has 0 aliphatic carbocycles. The third-order valence-corrected chi connectivity index (χ3v) is 5.20. The number of nitrogens with two attached hydrogens (primary N) is 1. The highest BCUT2D eigenvalue weighted by Gasteiger charge is 2.35. The number of aryl methyl sites for hydroxylation is 1. The van der Waals surface area contributed by atoms with Crippen molar-refractivity contribution >= 4 is 15.7 Å². The molecule has 0 fully saturated rings. The Morgan fingerprint density at radius 1 is 1.25 bits per heavy atom. The average Bonchev–Trinajstić information content (AvgIpc) is 2.78. The molecule has 0 radical (unpaired) electrons. The Morgan fingerprint density at radius 2 is 1.95 bits per heavy atom. The molecule has 5 nitrogen and oxygen atoms in total. The summed E-state index contributed by atoms with van der Waals surface area (Å²) in [7, 11) is -3.59. The van der Waals surface area contributed by atoms with Crippen molar-refractivity contribution in [3.05, 3.63) is 53.9 Å². The van der Waals surface area contributed by atoms with Gasteiger partial charge in [0.05, 0.1) is 28.9 Å². The monoisotopic (exact) mass is 289 g/mol. The third kappa shape index (κ3) is 1.97. The first-order chi connectivity index (χ1) is 9.50. The van der Waals surface area contributed by atoms with Gasteiger partial charge in [0.15, 0.2) is 0 Å². The van der Waals surface area contributed by atoms with E-state index < -0.39 is 10.0 Å². The van der Waals surface area contributed by atoms with E-state index in [0.29, 0.717) is 11.4 Å². The van der Waals surface area contributed by atoms with E-state index >= 15 is 0 Å². The number of aromatic nitrogens is 1. The molecular formula is C14H15N3O2S. The van der Waals surface area contributed by atoms with E-state index in [9.17, 15) is 8.42 Å². The fourth-order valence-corrected chi connectivity index (χ4v) is 3.84. The van der Waals surface area contributed by atoms with Crippen LogP contribution in [0.5, 0.6) is 0 Å². The summed E-state index contributed by atoms with van der Waals surface area (Å²) in [4.78, 5) is 4.45. The zero-order valence-electron chi connectivity index (χ0n) is 11.0. The lowest BCUT2D eigenvalue weighted by Gasteiger charge is -2.19. The summed E-state index contributed by atoms with van der Waals surface area (Å²) >= 11 is 0. The second-order valence-electron chi connectivity index (χ2n) is 4.86. The normalized spacial score (nSPS) is 18.1. The molecule has 2 aromatic rings. The molecule has 20 heavy (non-hydrogen) atoms. The quantitative estimate of drug-likeness (QED) is 0.911. The van der Waals surface area contributed by atoms with Crippen molar-refractivity contribution in [2.24, 2.45) is 5.73 Å². The van der Waals surface area contributed by atoms with Crippen LogP contribution in [0.15, 0.2) is 47.5 Å². The first-order valence-electron chi connectivity index (χ1n) is 6.30. The first kappa shape index (κ1) is 13.1. The second-order valence-corrected chi connectivity index (χ2v) is 6.73. The average molecular weight is 289 g/mol. The van der Waals surface area contributed by atoms with E-state index in [2.05, 4.69) is 4.98 Å². The number of nitrogens with zero attached hydrogens (tertiary/aromatic N) is 2. The summed E-state index contributed by atoms with van der Waals surface area (Å²) in [6.07, 6.45) is 1.63. The maximum absolute atomic E-state index is 12.7. The van der Waals surface area contributed by atoms with Crippen LogP contribution in [-0.4, -0.2) is 19.9 Å². The summed E-state index contributed by atoms with van der Waals surface area (Å²) in [6.45, 7) is 2.14. The Hall–Kier alpha value is -1.92. The molecule has 0 amide bonds.